The summed E-state index contributed by atoms with van der Waals surface area (Å²) in [6.07, 6.45) is 1.58. The van der Waals surface area contributed by atoms with Crippen LogP contribution in [-0.2, 0) is 22.4 Å². The number of carbonyl (C=O) groups is 2. The fourth-order valence-electron chi connectivity index (χ4n) is 4.10. The SMILES string of the molecule is CCC.CCNC(=O)Nc1ccc(-c2nc3c(c(N4CCOCC4)n2)CCN(C(=O)OC(C)(C)C)C3)cc1. The highest BCUT2D eigenvalue weighted by Gasteiger charge is 2.30. The van der Waals surface area contributed by atoms with E-state index in [0.29, 0.717) is 50.8 Å². The predicted octanol–water partition coefficient (Wildman–Crippen LogP) is 4.83. The Morgan fingerprint density at radius 1 is 1.03 bits per heavy atom. The molecule has 1 saturated heterocycles. The molecule has 0 radical (unpaired) electrons. The Labute approximate surface area is 226 Å². The quantitative estimate of drug-likeness (QED) is 0.587. The van der Waals surface area contributed by atoms with Crippen LogP contribution in [0.3, 0.4) is 0 Å². The maximum Gasteiger partial charge on any atom is 0.410 e. The van der Waals surface area contributed by atoms with E-state index in [-0.39, 0.29) is 12.1 Å². The van der Waals surface area contributed by atoms with Crippen molar-refractivity contribution in [1.82, 2.24) is 20.2 Å². The van der Waals surface area contributed by atoms with Crippen LogP contribution in [0.2, 0.25) is 0 Å². The number of aromatic nitrogens is 2. The van der Waals surface area contributed by atoms with E-state index in [2.05, 4.69) is 29.4 Å². The van der Waals surface area contributed by atoms with Gasteiger partial charge in [0.1, 0.15) is 11.4 Å². The van der Waals surface area contributed by atoms with Crippen molar-refractivity contribution in [3.8, 4) is 11.4 Å². The van der Waals surface area contributed by atoms with Gasteiger partial charge >= 0.3 is 12.1 Å². The molecule has 0 saturated carbocycles. The Bertz CT molecular complexity index is 1080. The Morgan fingerprint density at radius 3 is 2.29 bits per heavy atom. The second-order valence-corrected chi connectivity index (χ2v) is 10.3. The number of benzene rings is 1. The first-order valence-corrected chi connectivity index (χ1v) is 13.5. The van der Waals surface area contributed by atoms with Gasteiger partial charge in [-0.2, -0.15) is 0 Å². The van der Waals surface area contributed by atoms with Gasteiger partial charge in [-0.25, -0.2) is 19.6 Å². The molecule has 10 nitrogen and oxygen atoms in total. The molecule has 0 aliphatic carbocycles. The lowest BCUT2D eigenvalue weighted by atomic mass is 10.0. The normalized spacial score (nSPS) is 15.1. The lowest BCUT2D eigenvalue weighted by Crippen LogP contribution is -2.42. The van der Waals surface area contributed by atoms with Crippen molar-refractivity contribution in [2.24, 2.45) is 0 Å². The van der Waals surface area contributed by atoms with Crippen molar-refractivity contribution < 1.29 is 19.1 Å². The molecule has 10 heteroatoms. The summed E-state index contributed by atoms with van der Waals surface area (Å²) in [5, 5.41) is 5.51. The lowest BCUT2D eigenvalue weighted by molar-refractivity contribution is 0.0220. The summed E-state index contributed by atoms with van der Waals surface area (Å²) in [7, 11) is 0. The highest BCUT2D eigenvalue weighted by molar-refractivity contribution is 5.89. The smallest absolute Gasteiger partial charge is 0.410 e. The van der Waals surface area contributed by atoms with Crippen molar-refractivity contribution >= 4 is 23.6 Å². The molecule has 0 unspecified atom stereocenters. The highest BCUT2D eigenvalue weighted by Crippen LogP contribution is 2.31. The van der Waals surface area contributed by atoms with Gasteiger partial charge < -0.3 is 29.9 Å². The summed E-state index contributed by atoms with van der Waals surface area (Å²) in [6.45, 7) is 16.0. The van der Waals surface area contributed by atoms with Gasteiger partial charge in [-0.05, 0) is 58.4 Å². The number of morpholine rings is 1. The molecule has 2 aliphatic rings. The predicted molar refractivity (Wildman–Crippen MR) is 150 cm³/mol. The molecule has 0 spiro atoms. The van der Waals surface area contributed by atoms with Crippen LogP contribution in [0.5, 0.6) is 0 Å². The maximum atomic E-state index is 12.7. The number of rotatable bonds is 4. The number of hydrogen-bond acceptors (Lipinski definition) is 7. The second-order valence-electron chi connectivity index (χ2n) is 10.3. The molecule has 1 aromatic heterocycles. The monoisotopic (exact) mass is 526 g/mol. The van der Waals surface area contributed by atoms with E-state index < -0.39 is 5.60 Å². The molecule has 1 fully saturated rings. The van der Waals surface area contributed by atoms with Crippen LogP contribution in [0, 0.1) is 0 Å². The fourth-order valence-corrected chi connectivity index (χ4v) is 4.10. The molecule has 0 bridgehead atoms. The average Bonchev–Trinajstić information content (AvgIpc) is 2.88. The van der Waals surface area contributed by atoms with Crippen LogP contribution in [0.4, 0.5) is 21.1 Å². The standard InChI is InChI=1S/C25H34N6O4.C3H8/c1-5-26-23(32)27-18-8-6-17(7-9-18)21-28-20-16-31(24(33)35-25(2,3)4)11-10-19(20)22(29-21)30-12-14-34-15-13-30;1-3-2/h6-9H,5,10-16H2,1-4H3,(H2,26,27,32);3H2,1-2H3. The van der Waals surface area contributed by atoms with E-state index in [1.54, 1.807) is 4.90 Å². The number of anilines is 2. The van der Waals surface area contributed by atoms with Crippen molar-refractivity contribution in [3.63, 3.8) is 0 Å². The Balaban J connectivity index is 0.00000127. The summed E-state index contributed by atoms with van der Waals surface area (Å²) in [5.41, 5.74) is 2.86. The molecule has 2 aromatic rings. The number of ether oxygens (including phenoxy) is 2. The Hall–Kier alpha value is -3.40. The van der Waals surface area contributed by atoms with Gasteiger partial charge in [-0.15, -0.1) is 0 Å². The van der Waals surface area contributed by atoms with Crippen molar-refractivity contribution in [1.29, 1.82) is 0 Å². The van der Waals surface area contributed by atoms with Crippen molar-refractivity contribution in [2.45, 2.75) is 66.5 Å². The van der Waals surface area contributed by atoms with E-state index >= 15 is 0 Å². The van der Waals surface area contributed by atoms with Crippen LogP contribution < -0.4 is 15.5 Å². The Morgan fingerprint density at radius 2 is 1.68 bits per heavy atom. The number of urea groups is 1. The fraction of sp³-hybridized carbons (Fsp3) is 0.571. The van der Waals surface area contributed by atoms with E-state index in [1.807, 2.05) is 52.0 Å². The van der Waals surface area contributed by atoms with Gasteiger partial charge in [-0.1, -0.05) is 20.3 Å². The molecule has 3 amide bonds. The summed E-state index contributed by atoms with van der Waals surface area (Å²) in [6, 6.07) is 7.19. The van der Waals surface area contributed by atoms with Crippen molar-refractivity contribution in [3.05, 3.63) is 35.5 Å². The molecule has 38 heavy (non-hydrogen) atoms. The molecule has 2 N–H and O–H groups in total. The minimum Gasteiger partial charge on any atom is -0.444 e. The second kappa shape index (κ2) is 13.4. The van der Waals surface area contributed by atoms with Crippen LogP contribution in [0.15, 0.2) is 24.3 Å². The molecule has 3 heterocycles. The zero-order valence-corrected chi connectivity index (χ0v) is 23.6. The number of fused-ring (bicyclic) bond motifs is 1. The van der Waals surface area contributed by atoms with Gasteiger partial charge in [-0.3, -0.25) is 0 Å². The number of nitrogens with one attached hydrogen (secondary N) is 2. The first-order valence-electron chi connectivity index (χ1n) is 13.5. The molecule has 0 atom stereocenters. The van der Waals surface area contributed by atoms with E-state index in [4.69, 9.17) is 19.4 Å². The molecule has 4 rings (SSSR count). The molecule has 2 aliphatic heterocycles. The van der Waals surface area contributed by atoms with Crippen LogP contribution in [-0.4, -0.2) is 72.0 Å². The van der Waals surface area contributed by atoms with E-state index in [9.17, 15) is 9.59 Å². The topological polar surface area (TPSA) is 109 Å². The lowest BCUT2D eigenvalue weighted by Gasteiger charge is -2.34. The minimum atomic E-state index is -0.559. The van der Waals surface area contributed by atoms with Gasteiger partial charge in [0.05, 0.1) is 25.5 Å². The zero-order valence-electron chi connectivity index (χ0n) is 23.6. The number of carbonyl (C=O) groups excluding carboxylic acids is 2. The zero-order chi connectivity index (χ0) is 27.7. The largest absolute Gasteiger partial charge is 0.444 e. The van der Waals surface area contributed by atoms with Crippen LogP contribution in [0.25, 0.3) is 11.4 Å². The highest BCUT2D eigenvalue weighted by atomic mass is 16.6. The summed E-state index contributed by atoms with van der Waals surface area (Å²) < 4.78 is 11.1. The van der Waals surface area contributed by atoms with Crippen LogP contribution >= 0.6 is 0 Å². The van der Waals surface area contributed by atoms with Gasteiger partial charge in [0.25, 0.3) is 0 Å². The van der Waals surface area contributed by atoms with E-state index in [1.165, 1.54) is 6.42 Å². The third-order valence-corrected chi connectivity index (χ3v) is 5.74. The third-order valence-electron chi connectivity index (χ3n) is 5.74. The number of amides is 3. The third kappa shape index (κ3) is 8.05. The molecule has 1 aromatic carbocycles. The van der Waals surface area contributed by atoms with E-state index in [0.717, 1.165) is 35.7 Å². The minimum absolute atomic E-state index is 0.248. The van der Waals surface area contributed by atoms with Gasteiger partial charge in [0.2, 0.25) is 0 Å². The molecule has 208 valence electrons. The number of hydrogen-bond donors (Lipinski definition) is 2. The molecular weight excluding hydrogens is 484 g/mol. The van der Waals surface area contributed by atoms with Crippen LogP contribution in [0.1, 0.15) is 59.2 Å². The Kier molecular flexibility index (Phi) is 10.3. The average molecular weight is 527 g/mol. The summed E-state index contributed by atoms with van der Waals surface area (Å²) in [4.78, 5) is 38.3. The summed E-state index contributed by atoms with van der Waals surface area (Å²) >= 11 is 0. The van der Waals surface area contributed by atoms with Gasteiger partial charge in [0, 0.05) is 43.0 Å². The maximum absolute atomic E-state index is 12.7. The number of nitrogens with zero attached hydrogens (tertiary/aromatic N) is 4. The first kappa shape index (κ1) is 29.2. The van der Waals surface area contributed by atoms with Crippen molar-refractivity contribution in [2.75, 3.05) is 49.6 Å². The summed E-state index contributed by atoms with van der Waals surface area (Å²) in [5.74, 6) is 1.49. The van der Waals surface area contributed by atoms with Gasteiger partial charge in [0.15, 0.2) is 5.82 Å². The first-order chi connectivity index (χ1) is 18.1. The molecular formula is C28H42N6O4.